The summed E-state index contributed by atoms with van der Waals surface area (Å²) in [5.74, 6) is 1.16. The minimum atomic E-state index is -0.195. The second-order valence-corrected chi connectivity index (χ2v) is 6.52. The molecular weight excluding hydrogens is 348 g/mol. The van der Waals surface area contributed by atoms with Crippen molar-refractivity contribution in [3.63, 3.8) is 0 Å². The summed E-state index contributed by atoms with van der Waals surface area (Å²) in [7, 11) is 0. The minimum Gasteiger partial charge on any atom is -0.492 e. The number of carbonyl (C=O) groups is 1. The van der Waals surface area contributed by atoms with Crippen LogP contribution in [0.5, 0.6) is 11.5 Å². The van der Waals surface area contributed by atoms with Crippen molar-refractivity contribution >= 4 is 22.9 Å². The molecule has 3 aromatic rings. The molecule has 0 atom stereocenters. The van der Waals surface area contributed by atoms with E-state index in [1.54, 1.807) is 35.6 Å². The summed E-state index contributed by atoms with van der Waals surface area (Å²) in [6, 6.07) is 14.4. The first-order valence-corrected chi connectivity index (χ1v) is 9.20. The molecule has 1 aromatic heterocycles. The highest BCUT2D eigenvalue weighted by Gasteiger charge is 2.10. The van der Waals surface area contributed by atoms with Crippen LogP contribution in [0.3, 0.4) is 0 Å². The predicted octanol–water partition coefficient (Wildman–Crippen LogP) is 4.68. The first-order valence-electron chi connectivity index (χ1n) is 8.32. The van der Waals surface area contributed by atoms with Crippen molar-refractivity contribution in [2.75, 3.05) is 11.9 Å². The number of carbonyl (C=O) groups excluding carboxylic acids is 1. The molecule has 1 amide bonds. The Morgan fingerprint density at radius 3 is 2.58 bits per heavy atom. The van der Waals surface area contributed by atoms with Crippen LogP contribution in [0.2, 0.25) is 0 Å². The van der Waals surface area contributed by atoms with Crippen LogP contribution in [0.25, 0.3) is 0 Å². The van der Waals surface area contributed by atoms with Gasteiger partial charge in [0.25, 0.3) is 5.91 Å². The molecule has 2 aromatic carbocycles. The van der Waals surface area contributed by atoms with E-state index < -0.39 is 0 Å². The number of amides is 1. The summed E-state index contributed by atoms with van der Waals surface area (Å²) < 4.78 is 11.2. The number of para-hydroxylation sites is 2. The number of hydrogen-bond acceptors (Lipinski definition) is 5. The first-order chi connectivity index (χ1) is 12.7. The van der Waals surface area contributed by atoms with Gasteiger partial charge < -0.3 is 14.8 Å². The van der Waals surface area contributed by atoms with E-state index in [0.717, 1.165) is 10.7 Å². The Morgan fingerprint density at radius 1 is 1.12 bits per heavy atom. The predicted molar refractivity (Wildman–Crippen MR) is 103 cm³/mol. The third-order valence-corrected chi connectivity index (χ3v) is 4.52. The fourth-order valence-corrected chi connectivity index (χ4v) is 3.05. The second kappa shape index (κ2) is 8.49. The maximum absolute atomic E-state index is 12.4. The van der Waals surface area contributed by atoms with Crippen LogP contribution in [-0.2, 0) is 6.61 Å². The van der Waals surface area contributed by atoms with Gasteiger partial charge in [-0.3, -0.25) is 4.79 Å². The van der Waals surface area contributed by atoms with Crippen molar-refractivity contribution in [1.82, 2.24) is 4.98 Å². The third-order valence-electron chi connectivity index (χ3n) is 3.58. The summed E-state index contributed by atoms with van der Waals surface area (Å²) in [6.45, 7) is 4.82. The summed E-state index contributed by atoms with van der Waals surface area (Å²) in [4.78, 5) is 16.8. The average molecular weight is 368 g/mol. The van der Waals surface area contributed by atoms with Crippen molar-refractivity contribution in [3.05, 3.63) is 70.2 Å². The van der Waals surface area contributed by atoms with Gasteiger partial charge in [0, 0.05) is 16.6 Å². The van der Waals surface area contributed by atoms with E-state index in [1.807, 2.05) is 43.5 Å². The zero-order valence-electron chi connectivity index (χ0n) is 14.7. The Hall–Kier alpha value is -2.86. The van der Waals surface area contributed by atoms with Crippen molar-refractivity contribution in [3.8, 4) is 11.5 Å². The lowest BCUT2D eigenvalue weighted by Gasteiger charge is -2.11. The smallest absolute Gasteiger partial charge is 0.255 e. The Morgan fingerprint density at radius 2 is 1.88 bits per heavy atom. The molecular formula is C20H20N2O3S. The molecule has 0 unspecified atom stereocenters. The van der Waals surface area contributed by atoms with Gasteiger partial charge in [-0.15, -0.1) is 11.3 Å². The monoisotopic (exact) mass is 368 g/mol. The van der Waals surface area contributed by atoms with Crippen molar-refractivity contribution < 1.29 is 14.3 Å². The normalized spacial score (nSPS) is 10.4. The number of anilines is 1. The maximum Gasteiger partial charge on any atom is 0.255 e. The number of thiazole rings is 1. The first kappa shape index (κ1) is 17.9. The SMILES string of the molecule is CCOc1ccccc1NC(=O)c1ccc(OCc2nc(C)cs2)cc1. The molecule has 1 heterocycles. The van der Waals surface area contributed by atoms with E-state index in [9.17, 15) is 4.79 Å². The third kappa shape index (κ3) is 4.61. The van der Waals surface area contributed by atoms with Crippen LogP contribution in [-0.4, -0.2) is 17.5 Å². The lowest BCUT2D eigenvalue weighted by Crippen LogP contribution is -2.12. The molecule has 26 heavy (non-hydrogen) atoms. The van der Waals surface area contributed by atoms with Crippen LogP contribution in [0, 0.1) is 6.92 Å². The number of aryl methyl sites for hydroxylation is 1. The second-order valence-electron chi connectivity index (χ2n) is 5.58. The number of ether oxygens (including phenoxy) is 2. The Kier molecular flexibility index (Phi) is 5.86. The maximum atomic E-state index is 12.4. The molecule has 0 aliphatic rings. The van der Waals surface area contributed by atoms with Crippen LogP contribution >= 0.6 is 11.3 Å². The highest BCUT2D eigenvalue weighted by molar-refractivity contribution is 7.09. The van der Waals surface area contributed by atoms with Crippen molar-refractivity contribution in [1.29, 1.82) is 0 Å². The molecule has 0 saturated carbocycles. The van der Waals surface area contributed by atoms with Gasteiger partial charge in [0.15, 0.2) is 0 Å². The molecule has 0 aliphatic heterocycles. The standard InChI is InChI=1S/C20H20N2O3S/c1-3-24-18-7-5-4-6-17(18)22-20(23)15-8-10-16(11-9-15)25-12-19-21-14(2)13-26-19/h4-11,13H,3,12H2,1-2H3,(H,22,23). The zero-order chi connectivity index (χ0) is 18.4. The highest BCUT2D eigenvalue weighted by atomic mass is 32.1. The van der Waals surface area contributed by atoms with Gasteiger partial charge in [-0.1, -0.05) is 12.1 Å². The van der Waals surface area contributed by atoms with Crippen LogP contribution < -0.4 is 14.8 Å². The van der Waals surface area contributed by atoms with E-state index in [2.05, 4.69) is 10.3 Å². The molecule has 1 N–H and O–H groups in total. The molecule has 0 bridgehead atoms. The average Bonchev–Trinajstić information content (AvgIpc) is 3.07. The van der Waals surface area contributed by atoms with Crippen molar-refractivity contribution in [2.24, 2.45) is 0 Å². The zero-order valence-corrected chi connectivity index (χ0v) is 15.5. The molecule has 0 radical (unpaired) electrons. The number of hydrogen-bond donors (Lipinski definition) is 1. The largest absolute Gasteiger partial charge is 0.492 e. The lowest BCUT2D eigenvalue weighted by molar-refractivity contribution is 0.102. The summed E-state index contributed by atoms with van der Waals surface area (Å²) >= 11 is 1.57. The van der Waals surface area contributed by atoms with Gasteiger partial charge in [-0.05, 0) is 50.2 Å². The lowest BCUT2D eigenvalue weighted by atomic mass is 10.2. The quantitative estimate of drug-likeness (QED) is 0.658. The van der Waals surface area contributed by atoms with Gasteiger partial charge in [0.2, 0.25) is 0 Å². The number of rotatable bonds is 7. The fraction of sp³-hybridized carbons (Fsp3) is 0.200. The van der Waals surface area contributed by atoms with E-state index in [1.165, 1.54) is 0 Å². The summed E-state index contributed by atoms with van der Waals surface area (Å²) in [6.07, 6.45) is 0. The van der Waals surface area contributed by atoms with E-state index >= 15 is 0 Å². The van der Waals surface area contributed by atoms with Crippen LogP contribution in [0.1, 0.15) is 28.0 Å². The van der Waals surface area contributed by atoms with Gasteiger partial charge in [-0.2, -0.15) is 0 Å². The molecule has 134 valence electrons. The Balaban J connectivity index is 1.62. The molecule has 0 spiro atoms. The van der Waals surface area contributed by atoms with E-state index in [-0.39, 0.29) is 5.91 Å². The number of aromatic nitrogens is 1. The van der Waals surface area contributed by atoms with Crippen molar-refractivity contribution in [2.45, 2.75) is 20.5 Å². The van der Waals surface area contributed by atoms with Gasteiger partial charge in [-0.25, -0.2) is 4.98 Å². The van der Waals surface area contributed by atoms with E-state index in [0.29, 0.717) is 36.0 Å². The Bertz CT molecular complexity index is 875. The number of benzene rings is 2. The Labute approximate surface area is 156 Å². The van der Waals surface area contributed by atoms with Crippen LogP contribution in [0.15, 0.2) is 53.9 Å². The molecule has 0 aliphatic carbocycles. The molecule has 6 heteroatoms. The topological polar surface area (TPSA) is 60.5 Å². The highest BCUT2D eigenvalue weighted by Crippen LogP contribution is 2.24. The fourth-order valence-electron chi connectivity index (χ4n) is 2.36. The molecule has 0 saturated heterocycles. The molecule has 3 rings (SSSR count). The summed E-state index contributed by atoms with van der Waals surface area (Å²) in [5.41, 5.74) is 2.19. The van der Waals surface area contributed by atoms with Crippen LogP contribution in [0.4, 0.5) is 5.69 Å². The number of nitrogens with zero attached hydrogens (tertiary/aromatic N) is 1. The van der Waals surface area contributed by atoms with E-state index in [4.69, 9.17) is 9.47 Å². The summed E-state index contributed by atoms with van der Waals surface area (Å²) in [5, 5.41) is 5.80. The molecule has 5 nitrogen and oxygen atoms in total. The molecule has 0 fully saturated rings. The van der Waals surface area contributed by atoms with Gasteiger partial charge in [0.05, 0.1) is 12.3 Å². The van der Waals surface area contributed by atoms with Gasteiger partial charge >= 0.3 is 0 Å². The minimum absolute atomic E-state index is 0.195. The number of nitrogens with one attached hydrogen (secondary N) is 1. The van der Waals surface area contributed by atoms with Gasteiger partial charge in [0.1, 0.15) is 23.1 Å².